The van der Waals surface area contributed by atoms with Crippen LogP contribution < -0.4 is 10.6 Å². The van der Waals surface area contributed by atoms with Crippen LogP contribution in [0.15, 0.2) is 36.4 Å². The summed E-state index contributed by atoms with van der Waals surface area (Å²) in [4.78, 5) is 0. The summed E-state index contributed by atoms with van der Waals surface area (Å²) in [6.45, 7) is 1.80. The van der Waals surface area contributed by atoms with E-state index in [0.29, 0.717) is 10.0 Å². The maximum atomic E-state index is 6.01. The van der Waals surface area contributed by atoms with E-state index in [2.05, 4.69) is 28.8 Å². The van der Waals surface area contributed by atoms with E-state index in [0.717, 1.165) is 25.2 Å². The Bertz CT molecular complexity index is 611. The van der Waals surface area contributed by atoms with Crippen molar-refractivity contribution in [1.29, 1.82) is 0 Å². The van der Waals surface area contributed by atoms with E-state index >= 15 is 0 Å². The van der Waals surface area contributed by atoms with E-state index in [1.807, 2.05) is 12.1 Å². The first-order valence-corrected chi connectivity index (χ1v) is 7.03. The molecule has 1 heterocycles. The normalized spacial score (nSPS) is 12.9. The van der Waals surface area contributed by atoms with Gasteiger partial charge in [-0.2, -0.15) is 0 Å². The molecule has 0 spiro atoms. The largest absolute Gasteiger partial charge is 0.384 e. The highest BCUT2D eigenvalue weighted by molar-refractivity contribution is 6.42. The fourth-order valence-corrected chi connectivity index (χ4v) is 2.66. The predicted octanol–water partition coefficient (Wildman–Crippen LogP) is 4.57. The molecule has 2 aromatic carbocycles. The second-order valence-corrected chi connectivity index (χ2v) is 5.42. The van der Waals surface area contributed by atoms with E-state index < -0.39 is 0 Å². The second-order valence-electron chi connectivity index (χ2n) is 4.61. The molecule has 0 aliphatic carbocycles. The third-order valence-electron chi connectivity index (χ3n) is 3.34. The van der Waals surface area contributed by atoms with Crippen LogP contribution in [-0.2, 0) is 13.0 Å². The van der Waals surface area contributed by atoms with Crippen LogP contribution in [0.25, 0.3) is 0 Å². The van der Waals surface area contributed by atoms with Crippen molar-refractivity contribution in [2.45, 2.75) is 13.0 Å². The zero-order chi connectivity index (χ0) is 13.2. The summed E-state index contributed by atoms with van der Waals surface area (Å²) in [5.74, 6) is 0. The van der Waals surface area contributed by atoms with E-state index in [1.165, 1.54) is 16.8 Å². The average Bonchev–Trinajstić information content (AvgIpc) is 2.89. The quantitative estimate of drug-likeness (QED) is 0.866. The lowest BCUT2D eigenvalue weighted by Crippen LogP contribution is -2.03. The molecule has 98 valence electrons. The molecule has 19 heavy (non-hydrogen) atoms. The highest BCUT2D eigenvalue weighted by Gasteiger charge is 2.13. The van der Waals surface area contributed by atoms with Gasteiger partial charge in [0, 0.05) is 24.5 Å². The lowest BCUT2D eigenvalue weighted by Gasteiger charge is -2.11. The van der Waals surface area contributed by atoms with Crippen LogP contribution >= 0.6 is 23.2 Å². The number of hydrogen-bond donors (Lipinski definition) is 2. The van der Waals surface area contributed by atoms with Crippen molar-refractivity contribution in [1.82, 2.24) is 0 Å². The van der Waals surface area contributed by atoms with Crippen molar-refractivity contribution < 1.29 is 0 Å². The number of anilines is 2. The first-order valence-electron chi connectivity index (χ1n) is 6.27. The van der Waals surface area contributed by atoms with Gasteiger partial charge < -0.3 is 10.6 Å². The van der Waals surface area contributed by atoms with Crippen molar-refractivity contribution in [2.24, 2.45) is 0 Å². The van der Waals surface area contributed by atoms with E-state index in [-0.39, 0.29) is 0 Å². The molecule has 0 bridgehead atoms. The van der Waals surface area contributed by atoms with Crippen molar-refractivity contribution in [2.75, 3.05) is 17.2 Å². The Morgan fingerprint density at radius 3 is 2.84 bits per heavy atom. The molecule has 2 nitrogen and oxygen atoms in total. The van der Waals surface area contributed by atoms with E-state index in [4.69, 9.17) is 23.2 Å². The van der Waals surface area contributed by atoms with Gasteiger partial charge in [-0.25, -0.2) is 0 Å². The average molecular weight is 293 g/mol. The number of halogens is 2. The SMILES string of the molecule is Clc1ccc(NCc2cccc3c2NCC3)cc1Cl. The fraction of sp³-hybridized carbons (Fsp3) is 0.200. The van der Waals surface area contributed by atoms with Gasteiger partial charge in [-0.3, -0.25) is 0 Å². The standard InChI is InChI=1S/C15H14Cl2N2/c16-13-5-4-12(8-14(13)17)19-9-11-3-1-2-10-6-7-18-15(10)11/h1-5,8,18-19H,6-7,9H2. The zero-order valence-electron chi connectivity index (χ0n) is 10.3. The summed E-state index contributed by atoms with van der Waals surface area (Å²) in [5.41, 5.74) is 4.93. The van der Waals surface area contributed by atoms with Crippen LogP contribution in [0.2, 0.25) is 10.0 Å². The van der Waals surface area contributed by atoms with Crippen LogP contribution in [0.4, 0.5) is 11.4 Å². The monoisotopic (exact) mass is 292 g/mol. The van der Waals surface area contributed by atoms with Crippen LogP contribution in [0, 0.1) is 0 Å². The minimum atomic E-state index is 0.572. The number of hydrogen-bond acceptors (Lipinski definition) is 2. The second kappa shape index (κ2) is 5.32. The third kappa shape index (κ3) is 2.65. The lowest BCUT2D eigenvalue weighted by molar-refractivity contribution is 1.11. The Morgan fingerprint density at radius 2 is 2.00 bits per heavy atom. The summed E-state index contributed by atoms with van der Waals surface area (Å²) < 4.78 is 0. The Kier molecular flexibility index (Phi) is 3.54. The third-order valence-corrected chi connectivity index (χ3v) is 4.07. The van der Waals surface area contributed by atoms with Crippen molar-refractivity contribution in [3.8, 4) is 0 Å². The van der Waals surface area contributed by atoms with Crippen LogP contribution in [0.1, 0.15) is 11.1 Å². The molecule has 0 fully saturated rings. The molecule has 0 amide bonds. The lowest BCUT2D eigenvalue weighted by atomic mass is 10.1. The Balaban J connectivity index is 1.76. The van der Waals surface area contributed by atoms with Crippen molar-refractivity contribution >= 4 is 34.6 Å². The summed E-state index contributed by atoms with van der Waals surface area (Å²) in [5, 5.41) is 7.96. The molecular formula is C15H14Cl2N2. The van der Waals surface area contributed by atoms with Crippen LogP contribution in [0.5, 0.6) is 0 Å². The first kappa shape index (κ1) is 12.6. The van der Waals surface area contributed by atoms with Crippen molar-refractivity contribution in [3.05, 3.63) is 57.6 Å². The molecule has 2 aromatic rings. The van der Waals surface area contributed by atoms with Gasteiger partial charge >= 0.3 is 0 Å². The fourth-order valence-electron chi connectivity index (χ4n) is 2.36. The molecule has 4 heteroatoms. The molecule has 0 saturated carbocycles. The van der Waals surface area contributed by atoms with Crippen molar-refractivity contribution in [3.63, 3.8) is 0 Å². The van der Waals surface area contributed by atoms with Crippen LogP contribution in [0.3, 0.4) is 0 Å². The van der Waals surface area contributed by atoms with Gasteiger partial charge in [0.05, 0.1) is 10.0 Å². The number of para-hydroxylation sites is 1. The summed E-state index contributed by atoms with van der Waals surface area (Å²) in [6, 6.07) is 12.0. The number of rotatable bonds is 3. The van der Waals surface area contributed by atoms with Gasteiger partial charge in [-0.15, -0.1) is 0 Å². The summed E-state index contributed by atoms with van der Waals surface area (Å²) in [7, 11) is 0. The number of fused-ring (bicyclic) bond motifs is 1. The molecule has 0 saturated heterocycles. The minimum Gasteiger partial charge on any atom is -0.384 e. The van der Waals surface area contributed by atoms with Gasteiger partial charge in [0.1, 0.15) is 0 Å². The molecule has 0 radical (unpaired) electrons. The molecule has 0 aromatic heterocycles. The Labute approximate surface area is 122 Å². The minimum absolute atomic E-state index is 0.572. The van der Waals surface area contributed by atoms with E-state index in [1.54, 1.807) is 6.07 Å². The number of nitrogens with one attached hydrogen (secondary N) is 2. The molecule has 0 unspecified atom stereocenters. The van der Waals surface area contributed by atoms with Gasteiger partial charge in [0.25, 0.3) is 0 Å². The highest BCUT2D eigenvalue weighted by Crippen LogP contribution is 2.28. The molecule has 1 aliphatic heterocycles. The highest BCUT2D eigenvalue weighted by atomic mass is 35.5. The van der Waals surface area contributed by atoms with Gasteiger partial charge in [-0.05, 0) is 35.7 Å². The Morgan fingerprint density at radius 1 is 1.11 bits per heavy atom. The molecule has 2 N–H and O–H groups in total. The molecule has 0 atom stereocenters. The maximum Gasteiger partial charge on any atom is 0.0612 e. The molecule has 1 aliphatic rings. The first-order chi connectivity index (χ1) is 9.24. The van der Waals surface area contributed by atoms with Gasteiger partial charge in [-0.1, -0.05) is 41.4 Å². The Hall–Kier alpha value is -1.38. The van der Waals surface area contributed by atoms with Gasteiger partial charge in [0.15, 0.2) is 0 Å². The summed E-state index contributed by atoms with van der Waals surface area (Å²) >= 11 is 11.9. The van der Waals surface area contributed by atoms with Crippen LogP contribution in [-0.4, -0.2) is 6.54 Å². The molecule has 3 rings (SSSR count). The maximum absolute atomic E-state index is 6.01. The topological polar surface area (TPSA) is 24.1 Å². The van der Waals surface area contributed by atoms with Gasteiger partial charge in [0.2, 0.25) is 0 Å². The zero-order valence-corrected chi connectivity index (χ0v) is 11.9. The smallest absolute Gasteiger partial charge is 0.0612 e. The summed E-state index contributed by atoms with van der Waals surface area (Å²) in [6.07, 6.45) is 1.11. The number of benzene rings is 2. The van der Waals surface area contributed by atoms with E-state index in [9.17, 15) is 0 Å². The molecular weight excluding hydrogens is 279 g/mol. The predicted molar refractivity (Wildman–Crippen MR) is 82.4 cm³/mol.